The normalized spacial score (nSPS) is 23.2. The van der Waals surface area contributed by atoms with E-state index < -0.39 is 0 Å². The summed E-state index contributed by atoms with van der Waals surface area (Å²) in [7, 11) is 0. The molecule has 2 aliphatic rings. The van der Waals surface area contributed by atoms with Crippen LogP contribution in [0.15, 0.2) is 0 Å². The number of carbonyl (C=O) groups is 2. The lowest BCUT2D eigenvalue weighted by molar-refractivity contribution is -0.143. The Hall–Kier alpha value is -1.10. The second kappa shape index (κ2) is 7.78. The lowest BCUT2D eigenvalue weighted by Gasteiger charge is -2.34. The first-order valence-electron chi connectivity index (χ1n) is 8.23. The van der Waals surface area contributed by atoms with Crippen molar-refractivity contribution in [3.05, 3.63) is 0 Å². The second-order valence-electron chi connectivity index (χ2n) is 6.58. The number of carbonyl (C=O) groups excluding carboxylic acids is 2. The van der Waals surface area contributed by atoms with Crippen molar-refractivity contribution in [2.75, 3.05) is 32.8 Å². The molecule has 0 radical (unpaired) electrons. The Morgan fingerprint density at radius 2 is 2.19 bits per heavy atom. The summed E-state index contributed by atoms with van der Waals surface area (Å²) in [5, 5.41) is 0. The van der Waals surface area contributed by atoms with E-state index in [1.807, 2.05) is 4.90 Å². The van der Waals surface area contributed by atoms with Gasteiger partial charge in [-0.25, -0.2) is 0 Å². The lowest BCUT2D eigenvalue weighted by Crippen LogP contribution is -2.49. The molecule has 5 nitrogen and oxygen atoms in total. The summed E-state index contributed by atoms with van der Waals surface area (Å²) in [5.74, 6) is 0.903. The summed E-state index contributed by atoms with van der Waals surface area (Å²) in [6.07, 6.45) is 5.01. The molecule has 2 heterocycles. The molecule has 2 amide bonds. The van der Waals surface area contributed by atoms with E-state index in [2.05, 4.69) is 13.8 Å². The number of likely N-dealkylation sites (tertiary alicyclic amines) is 1. The predicted molar refractivity (Wildman–Crippen MR) is 80.8 cm³/mol. The van der Waals surface area contributed by atoms with Gasteiger partial charge in [0.25, 0.3) is 0 Å². The van der Waals surface area contributed by atoms with Gasteiger partial charge in [0.15, 0.2) is 0 Å². The van der Waals surface area contributed by atoms with Gasteiger partial charge < -0.3 is 14.5 Å². The molecule has 0 saturated carbocycles. The first-order valence-corrected chi connectivity index (χ1v) is 8.23. The monoisotopic (exact) mass is 296 g/mol. The van der Waals surface area contributed by atoms with E-state index in [0.29, 0.717) is 32.0 Å². The minimum Gasteiger partial charge on any atom is -0.375 e. The molecule has 0 aromatic rings. The van der Waals surface area contributed by atoms with Crippen LogP contribution >= 0.6 is 0 Å². The van der Waals surface area contributed by atoms with Gasteiger partial charge in [-0.1, -0.05) is 26.7 Å². The molecule has 0 N–H and O–H groups in total. The highest BCUT2D eigenvalue weighted by atomic mass is 16.5. The zero-order valence-electron chi connectivity index (χ0n) is 13.3. The first-order chi connectivity index (χ1) is 10.1. The zero-order valence-corrected chi connectivity index (χ0v) is 13.3. The fourth-order valence-corrected chi connectivity index (χ4v) is 3.01. The van der Waals surface area contributed by atoms with E-state index in [1.165, 1.54) is 6.42 Å². The molecule has 0 spiro atoms. The number of rotatable bonds is 6. The Bertz CT molecular complexity index is 371. The molecule has 0 aromatic heterocycles. The van der Waals surface area contributed by atoms with Gasteiger partial charge in [0.1, 0.15) is 0 Å². The molecule has 21 heavy (non-hydrogen) atoms. The van der Waals surface area contributed by atoms with Crippen molar-refractivity contribution >= 4 is 11.8 Å². The minimum absolute atomic E-state index is 0.0717. The molecule has 1 unspecified atom stereocenters. The molecule has 2 rings (SSSR count). The van der Waals surface area contributed by atoms with Gasteiger partial charge >= 0.3 is 0 Å². The second-order valence-corrected chi connectivity index (χ2v) is 6.58. The first kappa shape index (κ1) is 16.3. The zero-order chi connectivity index (χ0) is 15.2. The Labute approximate surface area is 127 Å². The molecule has 2 aliphatic heterocycles. The summed E-state index contributed by atoms with van der Waals surface area (Å²) in [4.78, 5) is 27.5. The number of morpholine rings is 1. The van der Waals surface area contributed by atoms with Gasteiger partial charge in [-0.05, 0) is 18.8 Å². The topological polar surface area (TPSA) is 49.9 Å². The molecule has 120 valence electrons. The van der Waals surface area contributed by atoms with E-state index in [4.69, 9.17) is 4.74 Å². The molecule has 0 bridgehead atoms. The standard InChI is InChI=1S/C16H28N2O3/c1-13(2)5-3-6-14-11-18(9-10-21-14)16(20)12-17-8-4-7-15(17)19/h13-14H,3-12H2,1-2H3. The highest BCUT2D eigenvalue weighted by Crippen LogP contribution is 2.16. The van der Waals surface area contributed by atoms with Gasteiger partial charge in [-0.15, -0.1) is 0 Å². The van der Waals surface area contributed by atoms with Crippen LogP contribution in [0.3, 0.4) is 0 Å². The number of hydrogen-bond acceptors (Lipinski definition) is 3. The third kappa shape index (κ3) is 4.99. The van der Waals surface area contributed by atoms with Crippen LogP contribution < -0.4 is 0 Å². The average molecular weight is 296 g/mol. The molecule has 5 heteroatoms. The Morgan fingerprint density at radius 3 is 2.86 bits per heavy atom. The van der Waals surface area contributed by atoms with Crippen LogP contribution in [-0.4, -0.2) is 60.5 Å². The van der Waals surface area contributed by atoms with Crippen LogP contribution in [0, 0.1) is 5.92 Å². The maximum Gasteiger partial charge on any atom is 0.242 e. The maximum absolute atomic E-state index is 12.3. The molecule has 2 saturated heterocycles. The van der Waals surface area contributed by atoms with Gasteiger partial charge in [-0.3, -0.25) is 9.59 Å². The van der Waals surface area contributed by atoms with Crippen LogP contribution in [0.2, 0.25) is 0 Å². The number of ether oxygens (including phenoxy) is 1. The van der Waals surface area contributed by atoms with Crippen molar-refractivity contribution in [1.82, 2.24) is 9.80 Å². The maximum atomic E-state index is 12.3. The van der Waals surface area contributed by atoms with Gasteiger partial charge in [0.2, 0.25) is 11.8 Å². The Balaban J connectivity index is 1.74. The van der Waals surface area contributed by atoms with Crippen molar-refractivity contribution in [3.63, 3.8) is 0 Å². The quantitative estimate of drug-likeness (QED) is 0.749. The van der Waals surface area contributed by atoms with E-state index in [-0.39, 0.29) is 24.5 Å². The van der Waals surface area contributed by atoms with Gasteiger partial charge in [0.05, 0.1) is 19.3 Å². The third-order valence-corrected chi connectivity index (χ3v) is 4.30. The highest BCUT2D eigenvalue weighted by molar-refractivity contribution is 5.85. The van der Waals surface area contributed by atoms with E-state index in [1.54, 1.807) is 4.90 Å². The van der Waals surface area contributed by atoms with E-state index in [9.17, 15) is 9.59 Å². The van der Waals surface area contributed by atoms with E-state index in [0.717, 1.165) is 25.8 Å². The van der Waals surface area contributed by atoms with Crippen LogP contribution in [0.4, 0.5) is 0 Å². The van der Waals surface area contributed by atoms with Gasteiger partial charge in [0, 0.05) is 26.1 Å². The Kier molecular flexibility index (Phi) is 6.03. The number of amides is 2. The van der Waals surface area contributed by atoms with Crippen molar-refractivity contribution in [3.8, 4) is 0 Å². The highest BCUT2D eigenvalue weighted by Gasteiger charge is 2.28. The van der Waals surface area contributed by atoms with Crippen LogP contribution in [0.1, 0.15) is 46.0 Å². The van der Waals surface area contributed by atoms with Crippen molar-refractivity contribution in [2.24, 2.45) is 5.92 Å². The molecular formula is C16H28N2O3. The SMILES string of the molecule is CC(C)CCCC1CN(C(=O)CN2CCCC2=O)CCO1. The summed E-state index contributed by atoms with van der Waals surface area (Å²) < 4.78 is 5.76. The van der Waals surface area contributed by atoms with Crippen molar-refractivity contribution in [2.45, 2.75) is 52.1 Å². The molecule has 1 atom stereocenters. The summed E-state index contributed by atoms with van der Waals surface area (Å²) in [5.41, 5.74) is 0. The summed E-state index contributed by atoms with van der Waals surface area (Å²) in [6.45, 7) is 7.38. The molecule has 0 aliphatic carbocycles. The van der Waals surface area contributed by atoms with Crippen molar-refractivity contribution < 1.29 is 14.3 Å². The smallest absolute Gasteiger partial charge is 0.242 e. The van der Waals surface area contributed by atoms with Crippen LogP contribution in [0.5, 0.6) is 0 Å². The van der Waals surface area contributed by atoms with Crippen molar-refractivity contribution in [1.29, 1.82) is 0 Å². The largest absolute Gasteiger partial charge is 0.375 e. The summed E-state index contributed by atoms with van der Waals surface area (Å²) in [6, 6.07) is 0. The van der Waals surface area contributed by atoms with Crippen LogP contribution in [0.25, 0.3) is 0 Å². The predicted octanol–water partition coefficient (Wildman–Crippen LogP) is 1.66. The number of hydrogen-bond donors (Lipinski definition) is 0. The molecular weight excluding hydrogens is 268 g/mol. The average Bonchev–Trinajstić information content (AvgIpc) is 2.84. The lowest BCUT2D eigenvalue weighted by atomic mass is 10.0. The molecule has 2 fully saturated rings. The summed E-state index contributed by atoms with van der Waals surface area (Å²) >= 11 is 0. The van der Waals surface area contributed by atoms with Gasteiger partial charge in [-0.2, -0.15) is 0 Å². The van der Waals surface area contributed by atoms with E-state index >= 15 is 0 Å². The molecule has 0 aromatic carbocycles. The fraction of sp³-hybridized carbons (Fsp3) is 0.875. The van der Waals surface area contributed by atoms with Crippen LogP contribution in [-0.2, 0) is 14.3 Å². The number of nitrogens with zero attached hydrogens (tertiary/aromatic N) is 2. The minimum atomic E-state index is 0.0717. The third-order valence-electron chi connectivity index (χ3n) is 4.30. The Morgan fingerprint density at radius 1 is 1.38 bits per heavy atom. The fourth-order valence-electron chi connectivity index (χ4n) is 3.01.